The first kappa shape index (κ1) is 17.9. The maximum Gasteiger partial charge on any atom is 0.113 e. The number of hydrogen-bond acceptors (Lipinski definition) is 5. The molecule has 0 saturated carbocycles. The minimum absolute atomic E-state index is 0.00109. The SMILES string of the molecule is [B][C@@H]1O[C@H](COC)C(OC)[C@@H]1O[C@@H](C)[C@@H](OC)C(C)C. The molecule has 1 saturated heterocycles. The van der Waals surface area contributed by atoms with Gasteiger partial charge in [0.2, 0.25) is 0 Å². The van der Waals surface area contributed by atoms with Crippen LogP contribution in [0.5, 0.6) is 0 Å². The average molecular weight is 286 g/mol. The lowest BCUT2D eigenvalue weighted by molar-refractivity contribution is -0.127. The van der Waals surface area contributed by atoms with Crippen LogP contribution in [0.1, 0.15) is 20.8 Å². The fraction of sp³-hybridized carbons (Fsp3) is 1.00. The summed E-state index contributed by atoms with van der Waals surface area (Å²) < 4.78 is 27.8. The lowest BCUT2D eigenvalue weighted by atomic mass is 9.92. The monoisotopic (exact) mass is 286 g/mol. The summed E-state index contributed by atoms with van der Waals surface area (Å²) in [5.74, 6) is 0.351. The van der Waals surface area contributed by atoms with Crippen LogP contribution in [0, 0.1) is 5.92 Å². The van der Waals surface area contributed by atoms with Crippen molar-refractivity contribution in [2.45, 2.75) is 57.3 Å². The number of rotatable bonds is 8. The van der Waals surface area contributed by atoms with Gasteiger partial charge < -0.3 is 23.7 Å². The Morgan fingerprint density at radius 2 is 1.75 bits per heavy atom. The van der Waals surface area contributed by atoms with Gasteiger partial charge >= 0.3 is 0 Å². The molecule has 0 spiro atoms. The third-order valence-electron chi connectivity index (χ3n) is 3.71. The Kier molecular flexibility index (Phi) is 7.47. The second-order valence-corrected chi connectivity index (χ2v) is 5.54. The van der Waals surface area contributed by atoms with Crippen molar-refractivity contribution in [1.82, 2.24) is 0 Å². The van der Waals surface area contributed by atoms with E-state index in [0.717, 1.165) is 0 Å². The molecule has 0 aliphatic carbocycles. The molecule has 0 N–H and O–H groups in total. The Balaban J connectivity index is 2.69. The summed E-state index contributed by atoms with van der Waals surface area (Å²) in [7, 11) is 11.0. The third-order valence-corrected chi connectivity index (χ3v) is 3.71. The van der Waals surface area contributed by atoms with Gasteiger partial charge in [-0.3, -0.25) is 0 Å². The van der Waals surface area contributed by atoms with E-state index in [1.165, 1.54) is 0 Å². The molecule has 2 radical (unpaired) electrons. The van der Waals surface area contributed by atoms with E-state index in [0.29, 0.717) is 12.5 Å². The van der Waals surface area contributed by atoms with E-state index in [4.69, 9.17) is 31.5 Å². The number of hydrogen-bond donors (Lipinski definition) is 0. The highest BCUT2D eigenvalue weighted by Gasteiger charge is 2.44. The van der Waals surface area contributed by atoms with Gasteiger partial charge in [0.15, 0.2) is 0 Å². The van der Waals surface area contributed by atoms with Gasteiger partial charge in [-0.1, -0.05) is 13.8 Å². The molecule has 116 valence electrons. The molecule has 6 heteroatoms. The molecule has 1 aliphatic heterocycles. The Bertz CT molecular complexity index is 276. The zero-order chi connectivity index (χ0) is 15.3. The largest absolute Gasteiger partial charge is 0.382 e. The molecule has 1 unspecified atom stereocenters. The molecule has 1 fully saturated rings. The highest BCUT2D eigenvalue weighted by Crippen LogP contribution is 2.27. The van der Waals surface area contributed by atoms with Crippen molar-refractivity contribution in [1.29, 1.82) is 0 Å². The first-order valence-corrected chi connectivity index (χ1v) is 7.07. The first-order valence-electron chi connectivity index (χ1n) is 7.07. The second kappa shape index (κ2) is 8.34. The first-order chi connectivity index (χ1) is 9.46. The van der Waals surface area contributed by atoms with E-state index in [1.54, 1.807) is 21.3 Å². The molecule has 5 nitrogen and oxygen atoms in total. The molecule has 20 heavy (non-hydrogen) atoms. The molecule has 1 aliphatic rings. The molecule has 0 amide bonds. The Labute approximate surface area is 123 Å². The van der Waals surface area contributed by atoms with Crippen LogP contribution < -0.4 is 0 Å². The molecule has 0 aromatic rings. The summed E-state index contributed by atoms with van der Waals surface area (Å²) in [6, 6.07) is -0.521. The van der Waals surface area contributed by atoms with Crippen molar-refractivity contribution in [3.8, 4) is 0 Å². The quantitative estimate of drug-likeness (QED) is 0.623. The summed E-state index contributed by atoms with van der Waals surface area (Å²) in [6.45, 7) is 6.61. The summed E-state index contributed by atoms with van der Waals surface area (Å²) in [5, 5.41) is 0. The van der Waals surface area contributed by atoms with E-state index < -0.39 is 6.00 Å². The minimum atomic E-state index is -0.521. The zero-order valence-electron chi connectivity index (χ0n) is 13.4. The summed E-state index contributed by atoms with van der Waals surface area (Å²) in [4.78, 5) is 0. The van der Waals surface area contributed by atoms with E-state index in [9.17, 15) is 0 Å². The maximum atomic E-state index is 6.06. The van der Waals surface area contributed by atoms with Gasteiger partial charge in [-0.15, -0.1) is 0 Å². The van der Waals surface area contributed by atoms with E-state index in [1.807, 2.05) is 6.92 Å². The molecular weight excluding hydrogens is 259 g/mol. The normalized spacial score (nSPS) is 33.5. The topological polar surface area (TPSA) is 46.2 Å². The van der Waals surface area contributed by atoms with Crippen LogP contribution in [0.4, 0.5) is 0 Å². The fourth-order valence-electron chi connectivity index (χ4n) is 2.83. The fourth-order valence-corrected chi connectivity index (χ4v) is 2.83. The Hall–Kier alpha value is -0.135. The van der Waals surface area contributed by atoms with Crippen molar-refractivity contribution < 1.29 is 23.7 Å². The predicted octanol–water partition coefficient (Wildman–Crippen LogP) is 0.986. The van der Waals surface area contributed by atoms with Gasteiger partial charge in [0, 0.05) is 27.3 Å². The summed E-state index contributed by atoms with van der Waals surface area (Å²) in [6.07, 6.45) is -0.874. The lowest BCUT2D eigenvalue weighted by Crippen LogP contribution is -2.44. The molecule has 0 aromatic carbocycles. The van der Waals surface area contributed by atoms with Crippen LogP contribution in [0.25, 0.3) is 0 Å². The van der Waals surface area contributed by atoms with Crippen molar-refractivity contribution in [2.24, 2.45) is 5.92 Å². The third kappa shape index (κ3) is 4.18. The summed E-state index contributed by atoms with van der Waals surface area (Å²) >= 11 is 0. The Morgan fingerprint density at radius 3 is 2.20 bits per heavy atom. The predicted molar refractivity (Wildman–Crippen MR) is 77.1 cm³/mol. The van der Waals surface area contributed by atoms with Gasteiger partial charge in [0.05, 0.1) is 18.8 Å². The van der Waals surface area contributed by atoms with E-state index >= 15 is 0 Å². The van der Waals surface area contributed by atoms with Crippen LogP contribution in [-0.4, -0.2) is 72.3 Å². The van der Waals surface area contributed by atoms with Crippen molar-refractivity contribution in [3.05, 3.63) is 0 Å². The number of methoxy groups -OCH3 is 3. The van der Waals surface area contributed by atoms with Crippen LogP contribution in [0.15, 0.2) is 0 Å². The van der Waals surface area contributed by atoms with Gasteiger partial charge in [0.25, 0.3) is 0 Å². The molecule has 6 atom stereocenters. The highest BCUT2D eigenvalue weighted by molar-refractivity contribution is 6.11. The molecule has 0 bridgehead atoms. The molecule has 1 heterocycles. The van der Waals surface area contributed by atoms with Crippen LogP contribution >= 0.6 is 0 Å². The van der Waals surface area contributed by atoms with Crippen LogP contribution in [0.2, 0.25) is 0 Å². The van der Waals surface area contributed by atoms with Gasteiger partial charge in [-0.25, -0.2) is 0 Å². The lowest BCUT2D eigenvalue weighted by Gasteiger charge is -2.31. The van der Waals surface area contributed by atoms with Gasteiger partial charge in [0.1, 0.15) is 26.2 Å². The van der Waals surface area contributed by atoms with Crippen molar-refractivity contribution in [3.63, 3.8) is 0 Å². The standard InChI is InChI=1S/C14H27BO5/c1-8(2)11(17-5)9(3)19-13-12(18-6)10(7-16-4)20-14(13)15/h8-14H,7H2,1-6H3/t9-,10+,11-,12?,13-,14+/m0/s1. The van der Waals surface area contributed by atoms with Crippen LogP contribution in [-0.2, 0) is 23.7 Å². The van der Waals surface area contributed by atoms with Crippen LogP contribution in [0.3, 0.4) is 0 Å². The molecular formula is C14H27BO5. The molecule has 1 rings (SSSR count). The number of ether oxygens (including phenoxy) is 5. The van der Waals surface area contributed by atoms with E-state index in [-0.39, 0.29) is 30.5 Å². The van der Waals surface area contributed by atoms with E-state index in [2.05, 4.69) is 13.8 Å². The minimum Gasteiger partial charge on any atom is -0.382 e. The highest BCUT2D eigenvalue weighted by atomic mass is 16.6. The van der Waals surface area contributed by atoms with Crippen molar-refractivity contribution in [2.75, 3.05) is 27.9 Å². The van der Waals surface area contributed by atoms with Gasteiger partial charge in [-0.05, 0) is 12.8 Å². The smallest absolute Gasteiger partial charge is 0.113 e. The van der Waals surface area contributed by atoms with Gasteiger partial charge in [-0.2, -0.15) is 0 Å². The average Bonchev–Trinajstić information content (AvgIpc) is 2.66. The summed E-state index contributed by atoms with van der Waals surface area (Å²) in [5.41, 5.74) is 0. The molecule has 0 aromatic heterocycles. The second-order valence-electron chi connectivity index (χ2n) is 5.54. The van der Waals surface area contributed by atoms with Crippen molar-refractivity contribution >= 4 is 7.85 Å². The Morgan fingerprint density at radius 1 is 1.10 bits per heavy atom. The zero-order valence-corrected chi connectivity index (χ0v) is 13.4. The maximum absolute atomic E-state index is 6.06.